The summed E-state index contributed by atoms with van der Waals surface area (Å²) in [6.07, 6.45) is -1.44. The van der Waals surface area contributed by atoms with E-state index in [1.165, 1.54) is 7.11 Å². The van der Waals surface area contributed by atoms with Crippen LogP contribution in [-0.2, 0) is 20.9 Å². The average molecular weight is 267 g/mol. The molecule has 0 aliphatic carbocycles. The van der Waals surface area contributed by atoms with Crippen LogP contribution in [0.15, 0.2) is 30.3 Å². The molecule has 19 heavy (non-hydrogen) atoms. The summed E-state index contributed by atoms with van der Waals surface area (Å²) in [4.78, 5) is 22.5. The highest BCUT2D eigenvalue weighted by molar-refractivity contribution is 5.80. The van der Waals surface area contributed by atoms with Crippen LogP contribution < -0.4 is 5.32 Å². The third-order valence-electron chi connectivity index (χ3n) is 2.59. The Balaban J connectivity index is 2.47. The molecule has 1 aromatic rings. The fourth-order valence-electron chi connectivity index (χ4n) is 1.41. The Kier molecular flexibility index (Phi) is 5.81. The maximum atomic E-state index is 11.5. The minimum Gasteiger partial charge on any atom is -0.480 e. The molecule has 1 rings (SSSR count). The second-order valence-electron chi connectivity index (χ2n) is 3.96. The number of rotatable bonds is 6. The van der Waals surface area contributed by atoms with Gasteiger partial charge in [-0.05, 0) is 12.5 Å². The molecule has 2 atom stereocenters. The fraction of sp³-hybridized carbons (Fsp3) is 0.385. The molecule has 0 fully saturated rings. The first-order chi connectivity index (χ1) is 9.04. The standard InChI is InChI=1S/C13H17NO5/c1-9(18-2)11(12(15)16)14-13(17)19-8-10-6-4-3-5-7-10/h3-7,9,11H,8H2,1-2H3,(H,14,17)(H,15,16). The second-order valence-corrected chi connectivity index (χ2v) is 3.96. The average Bonchev–Trinajstić information content (AvgIpc) is 2.42. The lowest BCUT2D eigenvalue weighted by atomic mass is 10.2. The summed E-state index contributed by atoms with van der Waals surface area (Å²) in [6.45, 7) is 1.64. The molecule has 1 aromatic carbocycles. The van der Waals surface area contributed by atoms with Crippen LogP contribution >= 0.6 is 0 Å². The van der Waals surface area contributed by atoms with Crippen molar-refractivity contribution in [2.24, 2.45) is 0 Å². The zero-order valence-corrected chi connectivity index (χ0v) is 10.8. The number of hydrogen-bond acceptors (Lipinski definition) is 4. The van der Waals surface area contributed by atoms with Crippen LogP contribution in [0.5, 0.6) is 0 Å². The first kappa shape index (κ1) is 15.0. The molecular formula is C13H17NO5. The van der Waals surface area contributed by atoms with Crippen LogP contribution in [0.25, 0.3) is 0 Å². The maximum absolute atomic E-state index is 11.5. The van der Waals surface area contributed by atoms with Gasteiger partial charge >= 0.3 is 12.1 Å². The molecule has 6 heteroatoms. The summed E-state index contributed by atoms with van der Waals surface area (Å²) in [5.74, 6) is -1.17. The smallest absolute Gasteiger partial charge is 0.408 e. The third-order valence-corrected chi connectivity index (χ3v) is 2.59. The van der Waals surface area contributed by atoms with Crippen molar-refractivity contribution >= 4 is 12.1 Å². The Morgan fingerprint density at radius 2 is 1.95 bits per heavy atom. The van der Waals surface area contributed by atoms with Crippen LogP contribution in [0.2, 0.25) is 0 Å². The number of alkyl carbamates (subject to hydrolysis) is 1. The van der Waals surface area contributed by atoms with Gasteiger partial charge in [-0.15, -0.1) is 0 Å². The number of amides is 1. The lowest BCUT2D eigenvalue weighted by molar-refractivity contribution is -0.142. The SMILES string of the molecule is COC(C)C(NC(=O)OCc1ccccc1)C(=O)O. The summed E-state index contributed by atoms with van der Waals surface area (Å²) in [5, 5.41) is 11.2. The molecule has 0 aliphatic rings. The van der Waals surface area contributed by atoms with Crippen molar-refractivity contribution in [3.05, 3.63) is 35.9 Å². The molecule has 1 amide bonds. The molecule has 104 valence electrons. The number of methoxy groups -OCH3 is 1. The van der Waals surface area contributed by atoms with E-state index in [1.54, 1.807) is 19.1 Å². The molecule has 0 saturated carbocycles. The van der Waals surface area contributed by atoms with Gasteiger partial charge in [0.2, 0.25) is 0 Å². The number of benzene rings is 1. The Hall–Kier alpha value is -2.08. The molecule has 0 saturated heterocycles. The van der Waals surface area contributed by atoms with E-state index in [0.29, 0.717) is 0 Å². The summed E-state index contributed by atoms with van der Waals surface area (Å²) in [7, 11) is 1.37. The van der Waals surface area contributed by atoms with Gasteiger partial charge in [0.15, 0.2) is 6.04 Å². The van der Waals surface area contributed by atoms with Gasteiger partial charge in [0.05, 0.1) is 6.10 Å². The van der Waals surface area contributed by atoms with Crippen LogP contribution in [0.3, 0.4) is 0 Å². The van der Waals surface area contributed by atoms with Crippen molar-refractivity contribution in [2.75, 3.05) is 7.11 Å². The van der Waals surface area contributed by atoms with Gasteiger partial charge in [-0.1, -0.05) is 30.3 Å². The molecule has 6 nitrogen and oxygen atoms in total. The van der Waals surface area contributed by atoms with E-state index in [2.05, 4.69) is 5.32 Å². The Bertz CT molecular complexity index is 420. The van der Waals surface area contributed by atoms with Gasteiger partial charge in [-0.2, -0.15) is 0 Å². The lowest BCUT2D eigenvalue weighted by Crippen LogP contribution is -2.48. The number of nitrogens with one attached hydrogen (secondary N) is 1. The first-order valence-corrected chi connectivity index (χ1v) is 5.77. The second kappa shape index (κ2) is 7.38. The highest BCUT2D eigenvalue weighted by Crippen LogP contribution is 2.02. The number of carbonyl (C=O) groups is 2. The van der Waals surface area contributed by atoms with Crippen molar-refractivity contribution in [3.8, 4) is 0 Å². The number of carboxylic acids is 1. The van der Waals surface area contributed by atoms with Crippen LogP contribution in [-0.4, -0.2) is 36.4 Å². The molecular weight excluding hydrogens is 250 g/mol. The topological polar surface area (TPSA) is 84.9 Å². The number of carbonyl (C=O) groups excluding carboxylic acids is 1. The summed E-state index contributed by atoms with van der Waals surface area (Å²) in [5.41, 5.74) is 0.823. The predicted molar refractivity (Wildman–Crippen MR) is 67.7 cm³/mol. The van der Waals surface area contributed by atoms with Gasteiger partial charge < -0.3 is 19.9 Å². The number of carboxylic acid groups (broad SMARTS) is 1. The van der Waals surface area contributed by atoms with E-state index >= 15 is 0 Å². The van der Waals surface area contributed by atoms with E-state index in [1.807, 2.05) is 18.2 Å². The van der Waals surface area contributed by atoms with Crippen molar-refractivity contribution in [3.63, 3.8) is 0 Å². The zero-order chi connectivity index (χ0) is 14.3. The summed E-state index contributed by atoms with van der Waals surface area (Å²) >= 11 is 0. The van der Waals surface area contributed by atoms with E-state index in [-0.39, 0.29) is 6.61 Å². The van der Waals surface area contributed by atoms with Crippen molar-refractivity contribution in [2.45, 2.75) is 25.7 Å². The Morgan fingerprint density at radius 1 is 1.32 bits per heavy atom. The molecule has 0 aliphatic heterocycles. The normalized spacial score (nSPS) is 13.4. The van der Waals surface area contributed by atoms with E-state index in [4.69, 9.17) is 14.6 Å². The van der Waals surface area contributed by atoms with E-state index < -0.39 is 24.2 Å². The van der Waals surface area contributed by atoms with Gasteiger partial charge in [-0.25, -0.2) is 9.59 Å². The minimum atomic E-state index is -1.17. The predicted octanol–water partition coefficient (Wildman–Crippen LogP) is 1.40. The molecule has 2 unspecified atom stereocenters. The molecule has 0 radical (unpaired) electrons. The lowest BCUT2D eigenvalue weighted by Gasteiger charge is -2.19. The maximum Gasteiger partial charge on any atom is 0.408 e. The molecule has 0 heterocycles. The summed E-state index contributed by atoms with van der Waals surface area (Å²) in [6, 6.07) is 7.96. The number of hydrogen-bond donors (Lipinski definition) is 2. The highest BCUT2D eigenvalue weighted by Gasteiger charge is 2.27. The van der Waals surface area contributed by atoms with Gasteiger partial charge in [-0.3, -0.25) is 0 Å². The Labute approximate surface area is 111 Å². The van der Waals surface area contributed by atoms with Crippen molar-refractivity contribution in [1.29, 1.82) is 0 Å². The Morgan fingerprint density at radius 3 is 2.47 bits per heavy atom. The molecule has 0 aromatic heterocycles. The minimum absolute atomic E-state index is 0.0837. The first-order valence-electron chi connectivity index (χ1n) is 5.77. The van der Waals surface area contributed by atoms with Gasteiger partial charge in [0.25, 0.3) is 0 Å². The van der Waals surface area contributed by atoms with Gasteiger partial charge in [0, 0.05) is 7.11 Å². The van der Waals surface area contributed by atoms with Crippen molar-refractivity contribution < 1.29 is 24.2 Å². The molecule has 0 bridgehead atoms. The van der Waals surface area contributed by atoms with Crippen LogP contribution in [0.4, 0.5) is 4.79 Å². The third kappa shape index (κ3) is 4.97. The van der Waals surface area contributed by atoms with E-state index in [9.17, 15) is 9.59 Å². The van der Waals surface area contributed by atoms with Crippen molar-refractivity contribution in [1.82, 2.24) is 5.32 Å². The summed E-state index contributed by atoms with van der Waals surface area (Å²) < 4.78 is 9.82. The number of aliphatic carboxylic acids is 1. The van der Waals surface area contributed by atoms with Crippen LogP contribution in [0.1, 0.15) is 12.5 Å². The fourth-order valence-corrected chi connectivity index (χ4v) is 1.41. The monoisotopic (exact) mass is 267 g/mol. The highest BCUT2D eigenvalue weighted by atomic mass is 16.5. The number of ether oxygens (including phenoxy) is 2. The largest absolute Gasteiger partial charge is 0.480 e. The van der Waals surface area contributed by atoms with Crippen LogP contribution in [0, 0.1) is 0 Å². The van der Waals surface area contributed by atoms with Gasteiger partial charge in [0.1, 0.15) is 6.61 Å². The molecule has 0 spiro atoms. The zero-order valence-electron chi connectivity index (χ0n) is 10.8. The quantitative estimate of drug-likeness (QED) is 0.813. The van der Waals surface area contributed by atoms with E-state index in [0.717, 1.165) is 5.56 Å². The molecule has 2 N–H and O–H groups in total.